The predicted molar refractivity (Wildman–Crippen MR) is 116 cm³/mol. The molecule has 0 saturated carbocycles. The van der Waals surface area contributed by atoms with E-state index < -0.39 is 0 Å². The van der Waals surface area contributed by atoms with Gasteiger partial charge in [0.2, 0.25) is 5.91 Å². The molecule has 0 unspecified atom stereocenters. The number of anilines is 1. The average molecular weight is 389 g/mol. The van der Waals surface area contributed by atoms with Crippen LogP contribution in [0.3, 0.4) is 0 Å². The van der Waals surface area contributed by atoms with Crippen LogP contribution in [0.1, 0.15) is 30.0 Å². The fourth-order valence-electron chi connectivity index (χ4n) is 3.65. The van der Waals surface area contributed by atoms with Gasteiger partial charge in [-0.2, -0.15) is 0 Å². The van der Waals surface area contributed by atoms with Crippen molar-refractivity contribution in [2.75, 3.05) is 11.9 Å². The lowest BCUT2D eigenvalue weighted by Crippen LogP contribution is -2.33. The molecule has 0 heterocycles. The number of hydrogen-bond donors (Lipinski definition) is 2. The van der Waals surface area contributed by atoms with E-state index >= 15 is 0 Å². The van der Waals surface area contributed by atoms with Crippen LogP contribution in [0.5, 0.6) is 0 Å². The highest BCUT2D eigenvalue weighted by Gasteiger charge is 2.20. The molecule has 3 nitrogen and oxygen atoms in total. The highest BCUT2D eigenvalue weighted by atomic mass is 32.2. The van der Waals surface area contributed by atoms with Crippen LogP contribution in [-0.4, -0.2) is 12.5 Å². The van der Waals surface area contributed by atoms with E-state index in [2.05, 4.69) is 47.0 Å². The van der Waals surface area contributed by atoms with Gasteiger partial charge in [-0.05, 0) is 54.7 Å². The predicted octanol–water partition coefficient (Wildman–Crippen LogP) is 5.44. The first-order chi connectivity index (χ1) is 13.8. The van der Waals surface area contributed by atoms with Crippen LogP contribution in [-0.2, 0) is 11.2 Å². The fraction of sp³-hybridized carbons (Fsp3) is 0.208. The summed E-state index contributed by atoms with van der Waals surface area (Å²) in [4.78, 5) is 14.8. The number of aryl methyl sites for hydroxylation is 1. The van der Waals surface area contributed by atoms with Gasteiger partial charge in [-0.15, -0.1) is 0 Å². The molecule has 4 heteroatoms. The Balaban J connectivity index is 1.39. The number of benzene rings is 3. The van der Waals surface area contributed by atoms with Crippen LogP contribution in [0.15, 0.2) is 88.7 Å². The van der Waals surface area contributed by atoms with Crippen molar-refractivity contribution in [2.45, 2.75) is 35.1 Å². The molecule has 4 rings (SSSR count). The Bertz CT molecular complexity index is 942. The van der Waals surface area contributed by atoms with E-state index in [-0.39, 0.29) is 11.9 Å². The quantitative estimate of drug-likeness (QED) is 0.590. The number of nitrogens with one attached hydrogen (secondary N) is 2. The molecule has 28 heavy (non-hydrogen) atoms. The molecular formula is C24H24N2OS. The molecule has 0 radical (unpaired) electrons. The topological polar surface area (TPSA) is 41.1 Å². The lowest BCUT2D eigenvalue weighted by molar-refractivity contribution is -0.115. The number of hydrogen-bond acceptors (Lipinski definition) is 3. The fourth-order valence-corrected chi connectivity index (χ4v) is 4.57. The lowest BCUT2D eigenvalue weighted by atomic mass is 9.88. The largest absolute Gasteiger partial charge is 0.324 e. The van der Waals surface area contributed by atoms with Crippen molar-refractivity contribution < 1.29 is 4.79 Å². The molecule has 142 valence electrons. The number of carbonyl (C=O) groups is 1. The standard InChI is InChI=1S/C24H24N2OS/c27-24(17-25-21-15-8-10-18-9-4-5-13-20(18)21)26-22-14-6-7-16-23(22)28-19-11-2-1-3-12-19/h1-7,9,11-14,16,21,25H,8,10,15,17H2,(H,26,27)/t21-/m1/s1. The average Bonchev–Trinajstić information content (AvgIpc) is 2.74. The maximum Gasteiger partial charge on any atom is 0.238 e. The highest BCUT2D eigenvalue weighted by Crippen LogP contribution is 2.33. The van der Waals surface area contributed by atoms with Crippen LogP contribution < -0.4 is 10.6 Å². The number of amides is 1. The second-order valence-electron chi connectivity index (χ2n) is 6.98. The summed E-state index contributed by atoms with van der Waals surface area (Å²) in [5, 5.41) is 6.52. The molecule has 2 N–H and O–H groups in total. The summed E-state index contributed by atoms with van der Waals surface area (Å²) in [6.07, 6.45) is 3.36. The second kappa shape index (κ2) is 9.09. The Labute approximate surface area is 170 Å². The third-order valence-corrected chi connectivity index (χ3v) is 6.09. The molecule has 0 spiro atoms. The first-order valence-corrected chi connectivity index (χ1v) is 10.5. The van der Waals surface area contributed by atoms with Crippen molar-refractivity contribution >= 4 is 23.4 Å². The van der Waals surface area contributed by atoms with Gasteiger partial charge in [0.05, 0.1) is 12.2 Å². The third-order valence-electron chi connectivity index (χ3n) is 5.01. The highest BCUT2D eigenvalue weighted by molar-refractivity contribution is 7.99. The van der Waals surface area contributed by atoms with E-state index in [1.165, 1.54) is 11.1 Å². The smallest absolute Gasteiger partial charge is 0.238 e. The molecule has 0 aromatic heterocycles. The minimum absolute atomic E-state index is 0.0100. The maximum absolute atomic E-state index is 12.6. The van der Waals surface area contributed by atoms with Gasteiger partial charge in [0, 0.05) is 15.8 Å². The van der Waals surface area contributed by atoms with Crippen LogP contribution in [0.4, 0.5) is 5.69 Å². The lowest BCUT2D eigenvalue weighted by Gasteiger charge is -2.26. The Morgan fingerprint density at radius 3 is 2.57 bits per heavy atom. The summed E-state index contributed by atoms with van der Waals surface area (Å²) in [7, 11) is 0. The normalized spacial score (nSPS) is 15.6. The molecule has 3 aromatic rings. The zero-order chi connectivity index (χ0) is 19.2. The molecular weight excluding hydrogens is 364 g/mol. The van der Waals surface area contributed by atoms with Gasteiger partial charge in [0.1, 0.15) is 0 Å². The van der Waals surface area contributed by atoms with Gasteiger partial charge in [-0.25, -0.2) is 0 Å². The number of rotatable bonds is 6. The molecule has 1 amide bonds. The monoisotopic (exact) mass is 388 g/mol. The molecule has 1 aliphatic carbocycles. The summed E-state index contributed by atoms with van der Waals surface area (Å²) in [5.74, 6) is -0.0100. The molecule has 0 fully saturated rings. The van der Waals surface area contributed by atoms with E-state index in [1.807, 2.05) is 42.5 Å². The zero-order valence-electron chi connectivity index (χ0n) is 15.7. The van der Waals surface area contributed by atoms with Crippen molar-refractivity contribution in [3.05, 3.63) is 90.0 Å². The van der Waals surface area contributed by atoms with Gasteiger partial charge in [-0.3, -0.25) is 4.79 Å². The van der Waals surface area contributed by atoms with Gasteiger partial charge in [-0.1, -0.05) is 66.4 Å². The molecule has 1 aliphatic rings. The van der Waals surface area contributed by atoms with E-state index in [4.69, 9.17) is 0 Å². The first-order valence-electron chi connectivity index (χ1n) is 9.72. The Kier molecular flexibility index (Phi) is 6.10. The number of para-hydroxylation sites is 1. The zero-order valence-corrected chi connectivity index (χ0v) is 16.5. The van der Waals surface area contributed by atoms with E-state index in [0.717, 1.165) is 34.7 Å². The van der Waals surface area contributed by atoms with Crippen molar-refractivity contribution in [3.63, 3.8) is 0 Å². The summed E-state index contributed by atoms with van der Waals surface area (Å²) < 4.78 is 0. The van der Waals surface area contributed by atoms with Crippen molar-refractivity contribution in [1.29, 1.82) is 0 Å². The third kappa shape index (κ3) is 4.64. The maximum atomic E-state index is 12.6. The molecule has 1 atom stereocenters. The SMILES string of the molecule is O=C(CN[C@@H]1CCCc2ccccc21)Nc1ccccc1Sc1ccccc1. The molecule has 0 aliphatic heterocycles. The molecule has 0 saturated heterocycles. The first kappa shape index (κ1) is 18.8. The van der Waals surface area contributed by atoms with Crippen molar-refractivity contribution in [2.24, 2.45) is 0 Å². The van der Waals surface area contributed by atoms with Crippen molar-refractivity contribution in [1.82, 2.24) is 5.32 Å². The minimum Gasteiger partial charge on any atom is -0.324 e. The van der Waals surface area contributed by atoms with E-state index in [0.29, 0.717) is 6.54 Å². The van der Waals surface area contributed by atoms with E-state index in [9.17, 15) is 4.79 Å². The van der Waals surface area contributed by atoms with Gasteiger partial charge in [0.15, 0.2) is 0 Å². The minimum atomic E-state index is -0.0100. The Morgan fingerprint density at radius 1 is 0.929 bits per heavy atom. The summed E-state index contributed by atoms with van der Waals surface area (Å²) >= 11 is 1.66. The second-order valence-corrected chi connectivity index (χ2v) is 8.10. The van der Waals surface area contributed by atoms with Crippen LogP contribution in [0.25, 0.3) is 0 Å². The Morgan fingerprint density at radius 2 is 1.68 bits per heavy atom. The van der Waals surface area contributed by atoms with Crippen LogP contribution in [0.2, 0.25) is 0 Å². The summed E-state index contributed by atoms with van der Waals surface area (Å²) in [6.45, 7) is 0.309. The van der Waals surface area contributed by atoms with Crippen LogP contribution >= 0.6 is 11.8 Å². The number of fused-ring (bicyclic) bond motifs is 1. The summed E-state index contributed by atoms with van der Waals surface area (Å²) in [5.41, 5.74) is 3.59. The summed E-state index contributed by atoms with van der Waals surface area (Å²) in [6, 6.07) is 26.9. The van der Waals surface area contributed by atoms with Gasteiger partial charge >= 0.3 is 0 Å². The van der Waals surface area contributed by atoms with Crippen molar-refractivity contribution in [3.8, 4) is 0 Å². The Hall–Kier alpha value is -2.56. The van der Waals surface area contributed by atoms with Crippen LogP contribution in [0, 0.1) is 0 Å². The van der Waals surface area contributed by atoms with E-state index in [1.54, 1.807) is 11.8 Å². The number of carbonyl (C=O) groups excluding carboxylic acids is 1. The van der Waals surface area contributed by atoms with Gasteiger partial charge in [0.25, 0.3) is 0 Å². The molecule has 3 aromatic carbocycles. The van der Waals surface area contributed by atoms with Gasteiger partial charge < -0.3 is 10.6 Å². The molecule has 0 bridgehead atoms.